The Bertz CT molecular complexity index is 870. The number of halogens is 1. The highest BCUT2D eigenvalue weighted by molar-refractivity contribution is 6.30. The summed E-state index contributed by atoms with van der Waals surface area (Å²) in [6.45, 7) is 8.57. The van der Waals surface area contributed by atoms with Crippen LogP contribution in [0.25, 0.3) is 5.57 Å². The predicted octanol–water partition coefficient (Wildman–Crippen LogP) is 6.79. The highest BCUT2D eigenvalue weighted by atomic mass is 35.5. The Labute approximate surface area is 186 Å². The maximum absolute atomic E-state index is 11.8. The normalized spacial score (nSPS) is 11.4. The summed E-state index contributed by atoms with van der Waals surface area (Å²) in [7, 11) is 0. The van der Waals surface area contributed by atoms with E-state index in [0.717, 1.165) is 36.1 Å². The molecule has 0 aliphatic heterocycles. The fraction of sp³-hybridized carbons (Fsp3) is 0.308. The van der Waals surface area contributed by atoms with E-state index in [1.54, 1.807) is 6.92 Å². The largest absolute Gasteiger partial charge is 0.352 e. The number of carbonyl (C=O) groups excluding carboxylic acids is 1. The molecule has 0 atom stereocenters. The first-order valence-electron chi connectivity index (χ1n) is 10.4. The Morgan fingerprint density at radius 2 is 1.83 bits per heavy atom. The summed E-state index contributed by atoms with van der Waals surface area (Å²) in [5.74, 6) is -0.137. The molecule has 30 heavy (non-hydrogen) atoms. The lowest BCUT2D eigenvalue weighted by molar-refractivity contribution is -0.117. The molecule has 4 heteroatoms. The van der Waals surface area contributed by atoms with Crippen molar-refractivity contribution >= 4 is 29.3 Å². The molecule has 0 spiro atoms. The summed E-state index contributed by atoms with van der Waals surface area (Å²) in [6.07, 6.45) is 7.60. The van der Waals surface area contributed by atoms with Gasteiger partial charge < -0.3 is 10.7 Å². The number of amides is 1. The number of allylic oxidation sites excluding steroid dienone is 2. The van der Waals surface area contributed by atoms with Gasteiger partial charge in [0.25, 0.3) is 0 Å². The van der Waals surface area contributed by atoms with Gasteiger partial charge in [-0.2, -0.15) is 0 Å². The SMILES string of the molecule is CC/C=C(/CCNC(=O)/C(C)=C/C=N)c1cc(Cl)ccc1C.CCc1ccccc1. The third-order valence-electron chi connectivity index (χ3n) is 4.62. The molecule has 0 heterocycles. The van der Waals surface area contributed by atoms with Gasteiger partial charge in [-0.3, -0.25) is 4.79 Å². The van der Waals surface area contributed by atoms with Crippen LogP contribution in [0.2, 0.25) is 5.02 Å². The third kappa shape index (κ3) is 9.23. The van der Waals surface area contributed by atoms with E-state index in [-0.39, 0.29) is 5.91 Å². The summed E-state index contributed by atoms with van der Waals surface area (Å²) >= 11 is 6.10. The molecule has 0 aromatic heterocycles. The van der Waals surface area contributed by atoms with E-state index in [0.29, 0.717) is 12.1 Å². The minimum absolute atomic E-state index is 0.137. The Balaban J connectivity index is 0.000000467. The Morgan fingerprint density at radius 3 is 2.40 bits per heavy atom. The van der Waals surface area contributed by atoms with Gasteiger partial charge in [0, 0.05) is 23.4 Å². The molecule has 2 rings (SSSR count). The first-order chi connectivity index (χ1) is 14.4. The van der Waals surface area contributed by atoms with Crippen molar-refractivity contribution < 1.29 is 4.79 Å². The smallest absolute Gasteiger partial charge is 0.246 e. The molecular weight excluding hydrogens is 392 g/mol. The molecule has 0 aliphatic rings. The maximum Gasteiger partial charge on any atom is 0.246 e. The van der Waals surface area contributed by atoms with Gasteiger partial charge in [0.15, 0.2) is 0 Å². The van der Waals surface area contributed by atoms with Crippen LogP contribution in [0.3, 0.4) is 0 Å². The molecule has 2 aromatic rings. The molecule has 0 saturated carbocycles. The van der Waals surface area contributed by atoms with Crippen LogP contribution in [0.15, 0.2) is 66.3 Å². The summed E-state index contributed by atoms with van der Waals surface area (Å²) in [5, 5.41) is 10.6. The number of hydrogen-bond donors (Lipinski definition) is 2. The molecule has 2 N–H and O–H groups in total. The summed E-state index contributed by atoms with van der Waals surface area (Å²) < 4.78 is 0. The fourth-order valence-electron chi connectivity index (χ4n) is 2.90. The van der Waals surface area contributed by atoms with Crippen molar-refractivity contribution in [2.24, 2.45) is 0 Å². The number of carbonyl (C=O) groups is 1. The lowest BCUT2D eigenvalue weighted by Gasteiger charge is -2.12. The van der Waals surface area contributed by atoms with Gasteiger partial charge in [0.1, 0.15) is 0 Å². The van der Waals surface area contributed by atoms with Crippen molar-refractivity contribution in [3.63, 3.8) is 0 Å². The molecule has 0 saturated heterocycles. The number of rotatable bonds is 8. The van der Waals surface area contributed by atoms with Crippen molar-refractivity contribution in [2.75, 3.05) is 6.54 Å². The zero-order chi connectivity index (χ0) is 22.4. The topological polar surface area (TPSA) is 53.0 Å². The van der Waals surface area contributed by atoms with Crippen LogP contribution in [0.1, 0.15) is 50.3 Å². The maximum atomic E-state index is 11.8. The fourth-order valence-corrected chi connectivity index (χ4v) is 3.07. The van der Waals surface area contributed by atoms with Crippen molar-refractivity contribution in [1.82, 2.24) is 5.32 Å². The van der Waals surface area contributed by atoms with Crippen LogP contribution in [0, 0.1) is 12.3 Å². The molecule has 0 unspecified atom stereocenters. The van der Waals surface area contributed by atoms with E-state index in [9.17, 15) is 4.79 Å². The van der Waals surface area contributed by atoms with E-state index < -0.39 is 0 Å². The minimum Gasteiger partial charge on any atom is -0.352 e. The highest BCUT2D eigenvalue weighted by Gasteiger charge is 2.08. The second-order valence-electron chi connectivity index (χ2n) is 6.96. The van der Waals surface area contributed by atoms with Gasteiger partial charge in [-0.1, -0.05) is 67.9 Å². The van der Waals surface area contributed by atoms with E-state index in [1.807, 2.05) is 24.3 Å². The van der Waals surface area contributed by atoms with E-state index in [2.05, 4.69) is 56.4 Å². The van der Waals surface area contributed by atoms with Gasteiger partial charge in [-0.25, -0.2) is 0 Å². The van der Waals surface area contributed by atoms with Crippen LogP contribution >= 0.6 is 11.6 Å². The van der Waals surface area contributed by atoms with Gasteiger partial charge in [0.2, 0.25) is 5.91 Å². The average Bonchev–Trinajstić information content (AvgIpc) is 2.76. The quantitative estimate of drug-likeness (QED) is 0.355. The van der Waals surface area contributed by atoms with Gasteiger partial charge in [-0.05, 0) is 73.6 Å². The van der Waals surface area contributed by atoms with Crippen molar-refractivity contribution in [2.45, 2.75) is 47.0 Å². The summed E-state index contributed by atoms with van der Waals surface area (Å²) in [4.78, 5) is 11.8. The first-order valence-corrected chi connectivity index (χ1v) is 10.8. The molecule has 0 aliphatic carbocycles. The second-order valence-corrected chi connectivity index (χ2v) is 7.39. The molecular formula is C26H33ClN2O. The second kappa shape index (κ2) is 14.4. The van der Waals surface area contributed by atoms with Crippen LogP contribution in [-0.4, -0.2) is 18.7 Å². The van der Waals surface area contributed by atoms with Gasteiger partial charge >= 0.3 is 0 Å². The van der Waals surface area contributed by atoms with Gasteiger partial charge in [0.05, 0.1) is 0 Å². The van der Waals surface area contributed by atoms with Gasteiger partial charge in [-0.15, -0.1) is 0 Å². The molecule has 0 radical (unpaired) electrons. The minimum atomic E-state index is -0.137. The molecule has 160 valence electrons. The number of benzene rings is 2. The third-order valence-corrected chi connectivity index (χ3v) is 4.85. The molecule has 3 nitrogen and oxygen atoms in total. The summed E-state index contributed by atoms with van der Waals surface area (Å²) in [5.41, 5.74) is 5.45. The molecule has 2 aromatic carbocycles. The van der Waals surface area contributed by atoms with Crippen molar-refractivity contribution in [3.8, 4) is 0 Å². The van der Waals surface area contributed by atoms with Crippen LogP contribution < -0.4 is 5.32 Å². The van der Waals surface area contributed by atoms with E-state index in [1.165, 1.54) is 22.8 Å². The Morgan fingerprint density at radius 1 is 1.13 bits per heavy atom. The summed E-state index contributed by atoms with van der Waals surface area (Å²) in [6, 6.07) is 16.3. The lowest BCUT2D eigenvalue weighted by Crippen LogP contribution is -2.25. The molecule has 0 fully saturated rings. The monoisotopic (exact) mass is 424 g/mol. The number of hydrogen-bond acceptors (Lipinski definition) is 2. The van der Waals surface area contributed by atoms with Crippen LogP contribution in [0.4, 0.5) is 0 Å². The van der Waals surface area contributed by atoms with E-state index in [4.69, 9.17) is 17.0 Å². The highest BCUT2D eigenvalue weighted by Crippen LogP contribution is 2.25. The average molecular weight is 425 g/mol. The molecule has 0 bridgehead atoms. The number of nitrogens with one attached hydrogen (secondary N) is 2. The Kier molecular flexibility index (Phi) is 12.1. The zero-order valence-corrected chi connectivity index (χ0v) is 19.2. The predicted molar refractivity (Wildman–Crippen MR) is 130 cm³/mol. The standard InChI is InChI=1S/C18H23ClN2O.C8H10/c1-4-5-15(17-12-16(19)7-6-13(17)2)9-11-21-18(22)14(3)8-10-20;1-2-8-6-4-3-5-7-8/h5-8,10,12,20H,4,9,11H2,1-3H3,(H,21,22);3-7H,2H2,1H3/b14-8+,15-5-,20-10?;. The first kappa shape index (κ1) is 25.4. The van der Waals surface area contributed by atoms with E-state index >= 15 is 0 Å². The van der Waals surface area contributed by atoms with Crippen molar-refractivity contribution in [3.05, 3.63) is 88.0 Å². The number of aryl methyl sites for hydroxylation is 2. The molecule has 1 amide bonds. The zero-order valence-electron chi connectivity index (χ0n) is 18.5. The van der Waals surface area contributed by atoms with Crippen molar-refractivity contribution in [1.29, 1.82) is 5.41 Å². The Hall–Kier alpha value is -2.65. The van der Waals surface area contributed by atoms with Crippen LogP contribution in [0.5, 0.6) is 0 Å². The lowest BCUT2D eigenvalue weighted by atomic mass is 9.97. The van der Waals surface area contributed by atoms with Crippen LogP contribution in [-0.2, 0) is 11.2 Å².